The van der Waals surface area contributed by atoms with Crippen LogP contribution >= 0.6 is 15.9 Å². The number of halogens is 1. The Bertz CT molecular complexity index is 517. The molecular formula is C14H17BrN2O. The van der Waals surface area contributed by atoms with Crippen molar-refractivity contribution in [2.45, 2.75) is 25.4 Å². The molecule has 96 valence electrons. The van der Waals surface area contributed by atoms with Crippen LogP contribution < -0.4 is 0 Å². The largest absolute Gasteiger partial charge is 0.385 e. The fourth-order valence-corrected chi connectivity index (χ4v) is 2.21. The summed E-state index contributed by atoms with van der Waals surface area (Å²) < 4.78 is 3.00. The minimum Gasteiger partial charge on any atom is -0.385 e. The molecule has 0 radical (unpaired) electrons. The first-order valence-electron chi connectivity index (χ1n) is 5.94. The van der Waals surface area contributed by atoms with Crippen molar-refractivity contribution in [3.63, 3.8) is 0 Å². The maximum absolute atomic E-state index is 10.5. The maximum atomic E-state index is 10.5. The Hall–Kier alpha value is -1.13. The minimum absolute atomic E-state index is 0.652. The summed E-state index contributed by atoms with van der Waals surface area (Å²) in [6.45, 7) is 1.85. The first-order chi connectivity index (χ1) is 8.49. The van der Waals surface area contributed by atoms with Crippen LogP contribution in [0.25, 0.3) is 0 Å². The number of hydrogen-bond donors (Lipinski definition) is 1. The summed E-state index contributed by atoms with van der Waals surface area (Å²) >= 11 is 3.40. The highest BCUT2D eigenvalue weighted by Gasteiger charge is 2.23. The fourth-order valence-electron chi connectivity index (χ4n) is 1.95. The highest BCUT2D eigenvalue weighted by Crippen LogP contribution is 2.27. The molecule has 1 heterocycles. The summed E-state index contributed by atoms with van der Waals surface area (Å²) in [4.78, 5) is 4.27. The summed E-state index contributed by atoms with van der Waals surface area (Å²) in [5.41, 5.74) is 0.104. The summed E-state index contributed by atoms with van der Waals surface area (Å²) in [7, 11) is 1.97. The fraction of sp³-hybridized carbons (Fsp3) is 0.357. The Balaban J connectivity index is 2.07. The Morgan fingerprint density at radius 3 is 2.56 bits per heavy atom. The van der Waals surface area contributed by atoms with Crippen molar-refractivity contribution in [1.29, 1.82) is 0 Å². The van der Waals surface area contributed by atoms with Crippen LogP contribution in [0.3, 0.4) is 0 Å². The molecule has 1 N–H and O–H groups in total. The first kappa shape index (κ1) is 13.3. The van der Waals surface area contributed by atoms with E-state index in [-0.39, 0.29) is 0 Å². The molecule has 1 unspecified atom stereocenters. The summed E-state index contributed by atoms with van der Waals surface area (Å²) in [5.74, 6) is 0.993. The van der Waals surface area contributed by atoms with Gasteiger partial charge in [-0.2, -0.15) is 0 Å². The molecule has 0 amide bonds. The number of aliphatic hydroxyl groups is 1. The van der Waals surface area contributed by atoms with Crippen LogP contribution in [0.4, 0.5) is 0 Å². The van der Waals surface area contributed by atoms with Gasteiger partial charge < -0.3 is 9.67 Å². The SMILES string of the molecule is Cn1ccnc1CCC(C)(O)c1ccc(Br)cc1. The number of aromatic nitrogens is 2. The standard InChI is InChI=1S/C14H17BrN2O/c1-14(18,11-3-5-12(15)6-4-11)8-7-13-16-9-10-17(13)2/h3-6,9-10,18H,7-8H2,1-2H3. The third-order valence-electron chi connectivity index (χ3n) is 3.22. The van der Waals surface area contributed by atoms with Gasteiger partial charge in [-0.05, 0) is 31.0 Å². The van der Waals surface area contributed by atoms with Gasteiger partial charge in [0.1, 0.15) is 5.82 Å². The number of benzene rings is 1. The normalized spacial score (nSPS) is 14.4. The van der Waals surface area contributed by atoms with Gasteiger partial charge in [-0.15, -0.1) is 0 Å². The lowest BCUT2D eigenvalue weighted by atomic mass is 9.91. The second kappa shape index (κ2) is 5.24. The molecule has 0 spiro atoms. The van der Waals surface area contributed by atoms with Gasteiger partial charge in [0, 0.05) is 30.3 Å². The molecule has 0 aliphatic heterocycles. The Morgan fingerprint density at radius 1 is 1.33 bits per heavy atom. The molecule has 0 fully saturated rings. The van der Waals surface area contributed by atoms with Gasteiger partial charge in [-0.3, -0.25) is 0 Å². The van der Waals surface area contributed by atoms with Crippen LogP contribution in [0.1, 0.15) is 24.7 Å². The zero-order valence-corrected chi connectivity index (χ0v) is 12.2. The third-order valence-corrected chi connectivity index (χ3v) is 3.75. The van der Waals surface area contributed by atoms with E-state index >= 15 is 0 Å². The van der Waals surface area contributed by atoms with Crippen LogP contribution in [0.5, 0.6) is 0 Å². The maximum Gasteiger partial charge on any atom is 0.108 e. The number of hydrogen-bond acceptors (Lipinski definition) is 2. The van der Waals surface area contributed by atoms with E-state index in [2.05, 4.69) is 20.9 Å². The van der Waals surface area contributed by atoms with Crippen molar-refractivity contribution in [1.82, 2.24) is 9.55 Å². The molecule has 0 saturated carbocycles. The van der Waals surface area contributed by atoms with E-state index in [1.165, 1.54) is 0 Å². The molecule has 2 aromatic rings. The smallest absolute Gasteiger partial charge is 0.108 e. The number of imidazole rings is 1. The predicted octanol–water partition coefficient (Wildman–Crippen LogP) is 3.02. The average Bonchev–Trinajstić information content (AvgIpc) is 2.73. The predicted molar refractivity (Wildman–Crippen MR) is 75.2 cm³/mol. The Kier molecular flexibility index (Phi) is 3.88. The van der Waals surface area contributed by atoms with Gasteiger partial charge in [0.05, 0.1) is 5.60 Å². The van der Waals surface area contributed by atoms with Crippen LogP contribution in [-0.2, 0) is 19.1 Å². The lowest BCUT2D eigenvalue weighted by Gasteiger charge is -2.23. The highest BCUT2D eigenvalue weighted by molar-refractivity contribution is 9.10. The van der Waals surface area contributed by atoms with Crippen molar-refractivity contribution >= 4 is 15.9 Å². The monoisotopic (exact) mass is 308 g/mol. The molecule has 1 aromatic heterocycles. The van der Waals surface area contributed by atoms with Gasteiger partial charge in [0.15, 0.2) is 0 Å². The van der Waals surface area contributed by atoms with E-state index in [1.807, 2.05) is 49.0 Å². The van der Waals surface area contributed by atoms with Crippen molar-refractivity contribution in [2.24, 2.45) is 7.05 Å². The molecular weight excluding hydrogens is 292 g/mol. The van der Waals surface area contributed by atoms with Crippen LogP contribution in [0.15, 0.2) is 41.1 Å². The molecule has 0 bridgehead atoms. The molecule has 18 heavy (non-hydrogen) atoms. The van der Waals surface area contributed by atoms with E-state index in [9.17, 15) is 5.11 Å². The zero-order chi connectivity index (χ0) is 13.2. The highest BCUT2D eigenvalue weighted by atomic mass is 79.9. The number of aryl methyl sites for hydroxylation is 2. The van der Waals surface area contributed by atoms with E-state index in [0.717, 1.165) is 22.3 Å². The second-order valence-electron chi connectivity index (χ2n) is 4.74. The molecule has 2 rings (SSSR count). The molecule has 1 aromatic carbocycles. The topological polar surface area (TPSA) is 38.0 Å². The van der Waals surface area contributed by atoms with E-state index in [0.29, 0.717) is 6.42 Å². The van der Waals surface area contributed by atoms with Crippen molar-refractivity contribution in [3.8, 4) is 0 Å². The van der Waals surface area contributed by atoms with Crippen molar-refractivity contribution in [2.75, 3.05) is 0 Å². The van der Waals surface area contributed by atoms with Crippen LogP contribution in [-0.4, -0.2) is 14.7 Å². The van der Waals surface area contributed by atoms with E-state index in [4.69, 9.17) is 0 Å². The molecule has 3 nitrogen and oxygen atoms in total. The quantitative estimate of drug-likeness (QED) is 0.943. The van der Waals surface area contributed by atoms with Crippen molar-refractivity contribution in [3.05, 3.63) is 52.5 Å². The average molecular weight is 309 g/mol. The van der Waals surface area contributed by atoms with Gasteiger partial charge >= 0.3 is 0 Å². The molecule has 0 aliphatic carbocycles. The summed E-state index contributed by atoms with van der Waals surface area (Å²) in [6, 6.07) is 7.79. The summed E-state index contributed by atoms with van der Waals surface area (Å²) in [5, 5.41) is 10.5. The lowest BCUT2D eigenvalue weighted by molar-refractivity contribution is 0.0473. The lowest BCUT2D eigenvalue weighted by Crippen LogP contribution is -2.22. The van der Waals surface area contributed by atoms with Gasteiger partial charge in [0.25, 0.3) is 0 Å². The number of rotatable bonds is 4. The Morgan fingerprint density at radius 2 is 2.00 bits per heavy atom. The van der Waals surface area contributed by atoms with Crippen LogP contribution in [0, 0.1) is 0 Å². The van der Waals surface area contributed by atoms with E-state index in [1.54, 1.807) is 6.20 Å². The third kappa shape index (κ3) is 3.00. The Labute approximate surface area is 116 Å². The summed E-state index contributed by atoms with van der Waals surface area (Å²) in [6.07, 6.45) is 5.11. The minimum atomic E-state index is -0.827. The molecule has 4 heteroatoms. The van der Waals surface area contributed by atoms with Crippen molar-refractivity contribution < 1.29 is 5.11 Å². The molecule has 1 atom stereocenters. The van der Waals surface area contributed by atoms with Crippen LogP contribution in [0.2, 0.25) is 0 Å². The van der Waals surface area contributed by atoms with E-state index < -0.39 is 5.60 Å². The van der Waals surface area contributed by atoms with Gasteiger partial charge in [-0.25, -0.2) is 4.98 Å². The molecule has 0 saturated heterocycles. The number of nitrogens with zero attached hydrogens (tertiary/aromatic N) is 2. The second-order valence-corrected chi connectivity index (χ2v) is 5.65. The first-order valence-corrected chi connectivity index (χ1v) is 6.73. The van der Waals surface area contributed by atoms with Gasteiger partial charge in [0.2, 0.25) is 0 Å². The zero-order valence-electron chi connectivity index (χ0n) is 10.6. The van der Waals surface area contributed by atoms with Gasteiger partial charge in [-0.1, -0.05) is 28.1 Å². The molecule has 0 aliphatic rings.